The Balaban J connectivity index is 1.03. The first-order chi connectivity index (χ1) is 25.0. The fourth-order valence-corrected chi connectivity index (χ4v) is 8.92. The van der Waals surface area contributed by atoms with Gasteiger partial charge in [-0.3, -0.25) is 24.7 Å². The van der Waals surface area contributed by atoms with E-state index in [2.05, 4.69) is 20.9 Å². The fraction of sp³-hybridized carbons (Fsp3) is 0.406. The van der Waals surface area contributed by atoms with Gasteiger partial charge in [0.2, 0.25) is 0 Å². The zero-order valence-electron chi connectivity index (χ0n) is 27.8. The number of nitrogens with zero attached hydrogens (tertiary/aromatic N) is 7. The Morgan fingerprint density at radius 1 is 1.21 bits per heavy atom. The van der Waals surface area contributed by atoms with Crippen molar-refractivity contribution in [1.29, 1.82) is 0 Å². The van der Waals surface area contributed by atoms with Gasteiger partial charge >= 0.3 is 0 Å². The second-order valence-electron chi connectivity index (χ2n) is 12.5. The zero-order valence-corrected chi connectivity index (χ0v) is 30.2. The van der Waals surface area contributed by atoms with E-state index in [-0.39, 0.29) is 57.2 Å². The number of carboxylic acids is 1. The summed E-state index contributed by atoms with van der Waals surface area (Å²) in [7, 11) is 1.26. The van der Waals surface area contributed by atoms with Crippen LogP contribution in [0, 0.1) is 5.82 Å². The Morgan fingerprint density at radius 2 is 2.00 bits per heavy atom. The first-order valence-corrected chi connectivity index (χ1v) is 18.7. The number of fused-ring (bicyclic) bond motifs is 2. The van der Waals surface area contributed by atoms with Gasteiger partial charge in [0, 0.05) is 59.0 Å². The third-order valence-corrected chi connectivity index (χ3v) is 11.6. The molecule has 16 nitrogen and oxygen atoms in total. The molecule has 6 heterocycles. The highest BCUT2D eigenvalue weighted by Crippen LogP contribution is 2.40. The summed E-state index contributed by atoms with van der Waals surface area (Å²) in [5.74, 6) is -2.83. The van der Waals surface area contributed by atoms with Gasteiger partial charge in [0.15, 0.2) is 29.4 Å². The van der Waals surface area contributed by atoms with E-state index in [1.54, 1.807) is 6.20 Å². The number of nitrogens with two attached hydrogens (primary N) is 1. The highest BCUT2D eigenvalue weighted by atomic mass is 35.5. The number of rotatable bonds is 11. The average Bonchev–Trinajstić information content (AvgIpc) is 3.85. The van der Waals surface area contributed by atoms with Crippen LogP contribution in [0.25, 0.3) is 0 Å². The van der Waals surface area contributed by atoms with Crippen LogP contribution >= 0.6 is 34.7 Å². The van der Waals surface area contributed by atoms with E-state index in [0.717, 1.165) is 54.4 Å². The van der Waals surface area contributed by atoms with E-state index in [1.165, 1.54) is 36.4 Å². The lowest BCUT2D eigenvalue weighted by molar-refractivity contribution is -0.766. The summed E-state index contributed by atoms with van der Waals surface area (Å²) in [4.78, 5) is 63.5. The van der Waals surface area contributed by atoms with Gasteiger partial charge in [-0.05, 0) is 25.0 Å². The lowest BCUT2D eigenvalue weighted by Crippen LogP contribution is -2.71. The summed E-state index contributed by atoms with van der Waals surface area (Å²) in [6.45, 7) is 2.83. The van der Waals surface area contributed by atoms with E-state index in [0.29, 0.717) is 18.7 Å². The van der Waals surface area contributed by atoms with Gasteiger partial charge in [0.05, 0.1) is 24.3 Å². The van der Waals surface area contributed by atoms with Crippen LogP contribution in [0.2, 0.25) is 5.02 Å². The fourth-order valence-electron chi connectivity index (χ4n) is 6.77. The molecule has 2 aromatic heterocycles. The molecule has 274 valence electrons. The molecule has 2 saturated heterocycles. The summed E-state index contributed by atoms with van der Waals surface area (Å²) in [6.07, 6.45) is 4.87. The van der Waals surface area contributed by atoms with Crippen LogP contribution in [0.1, 0.15) is 40.9 Å². The van der Waals surface area contributed by atoms with Crippen molar-refractivity contribution in [3.05, 3.63) is 68.7 Å². The van der Waals surface area contributed by atoms with Crippen molar-refractivity contribution in [2.45, 2.75) is 50.3 Å². The van der Waals surface area contributed by atoms with Gasteiger partial charge in [0.25, 0.3) is 17.7 Å². The summed E-state index contributed by atoms with van der Waals surface area (Å²) < 4.78 is 19.2. The number of nitrogen functional groups attached to an aromatic ring is 1. The molecule has 4 aliphatic heterocycles. The first kappa shape index (κ1) is 35.7. The third kappa shape index (κ3) is 6.80. The first-order valence-electron chi connectivity index (χ1n) is 16.4. The molecule has 0 saturated carbocycles. The molecule has 52 heavy (non-hydrogen) atoms. The number of thiazole rings is 1. The van der Waals surface area contributed by atoms with Crippen LogP contribution < -0.4 is 31.2 Å². The van der Waals surface area contributed by atoms with Crippen molar-refractivity contribution < 1.29 is 38.2 Å². The van der Waals surface area contributed by atoms with Crippen molar-refractivity contribution in [3.8, 4) is 0 Å². The summed E-state index contributed by atoms with van der Waals surface area (Å²) in [6, 6.07) is 3.50. The maximum absolute atomic E-state index is 15.4. The number of anilines is 2. The number of aromatic nitrogens is 3. The van der Waals surface area contributed by atoms with E-state index < -0.39 is 40.9 Å². The molecule has 0 unspecified atom stereocenters. The highest BCUT2D eigenvalue weighted by Gasteiger charge is 2.53. The van der Waals surface area contributed by atoms with Crippen LogP contribution in [-0.4, -0.2) is 92.9 Å². The molecule has 0 radical (unpaired) electrons. The zero-order chi connectivity index (χ0) is 36.7. The maximum atomic E-state index is 15.4. The van der Waals surface area contributed by atoms with Crippen molar-refractivity contribution in [2.75, 3.05) is 43.1 Å². The number of oxime groups is 1. The van der Waals surface area contributed by atoms with Gasteiger partial charge in [0.1, 0.15) is 30.0 Å². The molecule has 3 aromatic rings. The highest BCUT2D eigenvalue weighted by molar-refractivity contribution is 8.00. The monoisotopic (exact) mass is 772 g/mol. The second kappa shape index (κ2) is 14.7. The molecule has 7 rings (SSSR count). The van der Waals surface area contributed by atoms with Gasteiger partial charge in [-0.1, -0.05) is 23.2 Å². The van der Waals surface area contributed by atoms with E-state index in [4.69, 9.17) is 22.2 Å². The molecule has 4 aliphatic rings. The van der Waals surface area contributed by atoms with E-state index in [1.807, 2.05) is 25.3 Å². The SMILES string of the molecule is CO/N=C(\C(=O)N[C@@H]1C(=O)N2C(C(=O)[O-])=C(C[n+]3ccc4n3CCN4Cc3c(F)cc(C(=O)NN4CCCCC4)cc3Cl)CS[C@H]12)c1csc(N)n1. The quantitative estimate of drug-likeness (QED) is 0.104. The van der Waals surface area contributed by atoms with Crippen LogP contribution in [0.15, 0.2) is 46.2 Å². The molecule has 4 N–H and O–H groups in total. The summed E-state index contributed by atoms with van der Waals surface area (Å²) in [5.41, 5.74) is 9.13. The number of nitrogens with one attached hydrogen (secondary N) is 2. The second-order valence-corrected chi connectivity index (χ2v) is 14.9. The summed E-state index contributed by atoms with van der Waals surface area (Å²) >= 11 is 8.95. The minimum absolute atomic E-state index is 0.142. The largest absolute Gasteiger partial charge is 0.543 e. The minimum Gasteiger partial charge on any atom is -0.543 e. The molecule has 0 spiro atoms. The Bertz CT molecular complexity index is 1990. The van der Waals surface area contributed by atoms with Crippen LogP contribution in [-0.2, 0) is 38.9 Å². The predicted octanol–water partition coefficient (Wildman–Crippen LogP) is 0.212. The Kier molecular flexibility index (Phi) is 10.1. The Hall–Kier alpha value is -4.72. The number of amides is 3. The maximum Gasteiger partial charge on any atom is 0.276 e. The summed E-state index contributed by atoms with van der Waals surface area (Å²) in [5, 5.41) is 21.8. The molecule has 20 heteroatoms. The molecule has 3 amide bonds. The van der Waals surface area contributed by atoms with E-state index in [9.17, 15) is 24.3 Å². The number of carboxylic acid groups (broad SMARTS) is 1. The number of aliphatic carboxylic acids is 1. The molecule has 2 atom stereocenters. The van der Waals surface area contributed by atoms with Crippen molar-refractivity contribution >= 4 is 75.1 Å². The number of hydrogen-bond acceptors (Lipinski definition) is 13. The van der Waals surface area contributed by atoms with Gasteiger partial charge < -0.3 is 30.7 Å². The standard InChI is InChI=1S/C32H34ClFN10O6S2/c1-50-39-24(22-16-52-32(35)36-22)28(46)37-25-29(47)44-26(31(48)49)18(15-51-30(25)44)13-42-8-5-23-40(9-10-43(23)42)14-19-20(33)11-17(12-21(19)34)27(45)38-41-6-3-2-4-7-41/h5,8,11-12,16,25,30H,2-4,6-7,9-10,13-15H2,1H3,(H4-,35,36,37,38,45,46,48,49)/b39-24-/t25-,30-/m1/s1. The number of benzene rings is 1. The van der Waals surface area contributed by atoms with Crippen LogP contribution in [0.4, 0.5) is 15.3 Å². The topological polar surface area (TPSA) is 194 Å². The number of hydrazine groups is 1. The number of halogens is 2. The number of carbonyl (C=O) groups is 4. The number of β-lactam (4-membered cyclic amide) rings is 1. The third-order valence-electron chi connectivity index (χ3n) is 9.29. The Morgan fingerprint density at radius 3 is 2.69 bits per heavy atom. The molecule has 0 aliphatic carbocycles. The molecule has 2 fully saturated rings. The van der Waals surface area contributed by atoms with Crippen LogP contribution in [0.3, 0.4) is 0 Å². The number of carbonyl (C=O) groups excluding carboxylic acids is 4. The van der Waals surface area contributed by atoms with Crippen LogP contribution in [0.5, 0.6) is 0 Å². The molecular weight excluding hydrogens is 739 g/mol. The lowest BCUT2D eigenvalue weighted by atomic mass is 10.0. The predicted molar refractivity (Wildman–Crippen MR) is 187 cm³/mol. The van der Waals surface area contributed by atoms with Crippen molar-refractivity contribution in [2.24, 2.45) is 5.16 Å². The number of hydrogen-bond donors (Lipinski definition) is 3. The molecule has 1 aromatic carbocycles. The number of thioether (sulfide) groups is 1. The minimum atomic E-state index is -1.51. The Labute approximate surface area is 309 Å². The molecule has 0 bridgehead atoms. The van der Waals surface area contributed by atoms with Crippen molar-refractivity contribution in [1.82, 2.24) is 30.3 Å². The normalized spacial score (nSPS) is 20.4. The smallest absolute Gasteiger partial charge is 0.276 e. The van der Waals surface area contributed by atoms with Gasteiger partial charge in [-0.25, -0.2) is 14.4 Å². The van der Waals surface area contributed by atoms with E-state index >= 15 is 4.39 Å². The average molecular weight is 773 g/mol. The van der Waals surface area contributed by atoms with Gasteiger partial charge in [-0.2, -0.15) is 0 Å². The van der Waals surface area contributed by atoms with Crippen molar-refractivity contribution in [3.63, 3.8) is 0 Å². The molecular formula is C32H34ClFN10O6S2. The number of piperidine rings is 1. The lowest BCUT2D eigenvalue weighted by Gasteiger charge is -2.50. The van der Waals surface area contributed by atoms with Gasteiger partial charge in [-0.15, -0.1) is 32.5 Å².